The molecule has 3 N–H and O–H groups in total. The Kier molecular flexibility index (Phi) is 8.86. The topological polar surface area (TPSA) is 87.7 Å². The Balaban J connectivity index is 1.74. The van der Waals surface area contributed by atoms with Crippen LogP contribution in [0.4, 0.5) is 16.2 Å². The minimum absolute atomic E-state index is 0.208. The van der Waals surface area contributed by atoms with E-state index in [2.05, 4.69) is 10.6 Å². The van der Waals surface area contributed by atoms with Crippen molar-refractivity contribution in [2.45, 2.75) is 32.1 Å². The molecule has 2 aromatic carbocycles. The van der Waals surface area contributed by atoms with E-state index in [0.717, 1.165) is 48.9 Å². The molecule has 0 fully saturated rings. The first-order valence-electron chi connectivity index (χ1n) is 9.14. The van der Waals surface area contributed by atoms with Gasteiger partial charge < -0.3 is 15.2 Å². The van der Waals surface area contributed by atoms with E-state index in [1.165, 1.54) is 0 Å². The van der Waals surface area contributed by atoms with Crippen molar-refractivity contribution in [2.24, 2.45) is 0 Å². The van der Waals surface area contributed by atoms with Gasteiger partial charge in [0.1, 0.15) is 0 Å². The molecule has 2 amide bonds. The van der Waals surface area contributed by atoms with Gasteiger partial charge in [-0.05, 0) is 61.1 Å². The molecule has 144 valence electrons. The van der Waals surface area contributed by atoms with Gasteiger partial charge in [-0.3, -0.25) is 10.1 Å². The maximum absolute atomic E-state index is 11.8. The Hall–Kier alpha value is -2.86. The van der Waals surface area contributed by atoms with Crippen LogP contribution in [0.1, 0.15) is 36.8 Å². The molecule has 6 heteroatoms. The van der Waals surface area contributed by atoms with Crippen molar-refractivity contribution >= 4 is 23.9 Å². The average Bonchev–Trinajstić information content (AvgIpc) is 2.68. The molecule has 0 bridgehead atoms. The highest BCUT2D eigenvalue weighted by atomic mass is 16.5. The van der Waals surface area contributed by atoms with Gasteiger partial charge in [-0.25, -0.2) is 4.79 Å². The van der Waals surface area contributed by atoms with Gasteiger partial charge in [0.15, 0.2) is 0 Å². The number of benzene rings is 2. The summed E-state index contributed by atoms with van der Waals surface area (Å²) >= 11 is 0. The molecule has 0 aliphatic rings. The zero-order valence-electron chi connectivity index (χ0n) is 15.3. The van der Waals surface area contributed by atoms with Crippen LogP contribution in [0, 0.1) is 0 Å². The first-order valence-corrected chi connectivity index (χ1v) is 9.14. The van der Waals surface area contributed by atoms with Crippen LogP contribution in [0.25, 0.3) is 0 Å². The highest BCUT2D eigenvalue weighted by Crippen LogP contribution is 2.16. The Bertz CT molecular complexity index is 699. The van der Waals surface area contributed by atoms with Crippen LogP contribution < -0.4 is 10.6 Å². The van der Waals surface area contributed by atoms with Crippen LogP contribution in [0.2, 0.25) is 0 Å². The van der Waals surface area contributed by atoms with Crippen molar-refractivity contribution < 1.29 is 19.4 Å². The summed E-state index contributed by atoms with van der Waals surface area (Å²) in [5.74, 6) is 0. The SMILES string of the molecule is O=CNc1ccc(Cc2ccc(NC(=O)OCCCCCCO)cc2)cc1. The van der Waals surface area contributed by atoms with Crippen molar-refractivity contribution in [1.82, 2.24) is 0 Å². The Morgan fingerprint density at radius 3 is 2.07 bits per heavy atom. The first-order chi connectivity index (χ1) is 13.2. The maximum Gasteiger partial charge on any atom is 0.411 e. The predicted molar refractivity (Wildman–Crippen MR) is 106 cm³/mol. The van der Waals surface area contributed by atoms with Crippen LogP contribution >= 0.6 is 0 Å². The fourth-order valence-electron chi connectivity index (χ4n) is 2.61. The number of amides is 2. The lowest BCUT2D eigenvalue weighted by atomic mass is 10.0. The third kappa shape index (κ3) is 7.92. The highest BCUT2D eigenvalue weighted by molar-refractivity contribution is 5.84. The number of nitrogens with one attached hydrogen (secondary N) is 2. The number of aliphatic hydroxyl groups is 1. The van der Waals surface area contributed by atoms with Gasteiger partial charge in [0.05, 0.1) is 6.61 Å². The molecular weight excluding hydrogens is 344 g/mol. The fraction of sp³-hybridized carbons (Fsp3) is 0.333. The summed E-state index contributed by atoms with van der Waals surface area (Å²) in [6.07, 6.45) is 4.44. The monoisotopic (exact) mass is 370 g/mol. The third-order valence-electron chi connectivity index (χ3n) is 4.07. The van der Waals surface area contributed by atoms with E-state index in [9.17, 15) is 9.59 Å². The summed E-state index contributed by atoms with van der Waals surface area (Å²) in [5.41, 5.74) is 3.71. The zero-order chi connectivity index (χ0) is 19.3. The second-order valence-electron chi connectivity index (χ2n) is 6.23. The summed E-state index contributed by atoms with van der Waals surface area (Å²) in [4.78, 5) is 22.2. The van der Waals surface area contributed by atoms with Gasteiger partial charge in [-0.2, -0.15) is 0 Å². The molecule has 2 rings (SSSR count). The molecular formula is C21H26N2O4. The molecule has 0 saturated heterocycles. The quantitative estimate of drug-likeness (QED) is 0.413. The van der Waals surface area contributed by atoms with Crippen molar-refractivity contribution in [1.29, 1.82) is 0 Å². The number of rotatable bonds is 11. The molecule has 27 heavy (non-hydrogen) atoms. The normalized spacial score (nSPS) is 10.3. The minimum Gasteiger partial charge on any atom is -0.449 e. The standard InChI is InChI=1S/C21H26N2O4/c24-13-3-1-2-4-14-27-21(26)23-20-11-7-18(8-12-20)15-17-5-9-19(10-6-17)22-16-25/h5-12,16,24H,1-4,13-15H2,(H,22,25)(H,23,26). The van der Waals surface area contributed by atoms with Gasteiger partial charge in [-0.15, -0.1) is 0 Å². The zero-order valence-corrected chi connectivity index (χ0v) is 15.3. The van der Waals surface area contributed by atoms with E-state index in [1.807, 2.05) is 48.5 Å². The minimum atomic E-state index is -0.455. The van der Waals surface area contributed by atoms with Crippen molar-refractivity contribution in [3.05, 3.63) is 59.7 Å². The second kappa shape index (κ2) is 11.7. The Morgan fingerprint density at radius 1 is 0.889 bits per heavy atom. The van der Waals surface area contributed by atoms with Gasteiger partial charge in [0.25, 0.3) is 0 Å². The predicted octanol–water partition coefficient (Wildman–Crippen LogP) is 3.95. The van der Waals surface area contributed by atoms with E-state index in [0.29, 0.717) is 18.7 Å². The summed E-state index contributed by atoms with van der Waals surface area (Å²) in [6, 6.07) is 15.3. The lowest BCUT2D eigenvalue weighted by Crippen LogP contribution is -2.14. The number of hydrogen-bond donors (Lipinski definition) is 3. The van der Waals surface area contributed by atoms with Gasteiger partial charge in [-0.1, -0.05) is 30.7 Å². The molecule has 0 unspecified atom stereocenters. The smallest absolute Gasteiger partial charge is 0.411 e. The number of carbonyl (C=O) groups excluding carboxylic acids is 2. The lowest BCUT2D eigenvalue weighted by molar-refractivity contribution is -0.105. The van der Waals surface area contributed by atoms with Gasteiger partial charge in [0.2, 0.25) is 6.41 Å². The summed E-state index contributed by atoms with van der Waals surface area (Å²) in [5, 5.41) is 14.0. The number of aliphatic hydroxyl groups excluding tert-OH is 1. The van der Waals surface area contributed by atoms with Crippen LogP contribution in [-0.2, 0) is 16.0 Å². The Morgan fingerprint density at radius 2 is 1.48 bits per heavy atom. The molecule has 6 nitrogen and oxygen atoms in total. The summed E-state index contributed by atoms with van der Waals surface area (Å²) in [7, 11) is 0. The number of ether oxygens (including phenoxy) is 1. The number of carbonyl (C=O) groups is 2. The average molecular weight is 370 g/mol. The number of hydrogen-bond acceptors (Lipinski definition) is 4. The van der Waals surface area contributed by atoms with E-state index in [4.69, 9.17) is 9.84 Å². The van der Waals surface area contributed by atoms with Crippen molar-refractivity contribution in [3.63, 3.8) is 0 Å². The number of anilines is 2. The van der Waals surface area contributed by atoms with Crippen LogP contribution in [0.5, 0.6) is 0 Å². The fourth-order valence-corrected chi connectivity index (χ4v) is 2.61. The molecule has 0 aliphatic carbocycles. The molecule has 0 aromatic heterocycles. The highest BCUT2D eigenvalue weighted by Gasteiger charge is 2.04. The summed E-state index contributed by atoms with van der Waals surface area (Å²) < 4.78 is 5.14. The summed E-state index contributed by atoms with van der Waals surface area (Å²) in [6.45, 7) is 0.588. The third-order valence-corrected chi connectivity index (χ3v) is 4.07. The Labute approximate surface area is 159 Å². The second-order valence-corrected chi connectivity index (χ2v) is 6.23. The van der Waals surface area contributed by atoms with E-state index in [1.54, 1.807) is 0 Å². The van der Waals surface area contributed by atoms with E-state index in [-0.39, 0.29) is 6.61 Å². The molecule has 0 spiro atoms. The molecule has 0 heterocycles. The largest absolute Gasteiger partial charge is 0.449 e. The van der Waals surface area contributed by atoms with Crippen LogP contribution in [0.15, 0.2) is 48.5 Å². The number of unbranched alkanes of at least 4 members (excludes halogenated alkanes) is 3. The lowest BCUT2D eigenvalue weighted by Gasteiger charge is -2.08. The van der Waals surface area contributed by atoms with Crippen molar-refractivity contribution in [3.8, 4) is 0 Å². The molecule has 0 radical (unpaired) electrons. The first kappa shape index (κ1) is 20.5. The van der Waals surface area contributed by atoms with Gasteiger partial charge in [0, 0.05) is 18.0 Å². The maximum atomic E-state index is 11.8. The molecule has 2 aromatic rings. The van der Waals surface area contributed by atoms with E-state index < -0.39 is 6.09 Å². The molecule has 0 saturated carbocycles. The molecule has 0 atom stereocenters. The van der Waals surface area contributed by atoms with Crippen molar-refractivity contribution in [2.75, 3.05) is 23.8 Å². The molecule has 0 aliphatic heterocycles. The van der Waals surface area contributed by atoms with Gasteiger partial charge >= 0.3 is 6.09 Å². The van der Waals surface area contributed by atoms with Crippen LogP contribution in [-0.4, -0.2) is 30.8 Å². The van der Waals surface area contributed by atoms with E-state index >= 15 is 0 Å². The van der Waals surface area contributed by atoms with Crippen LogP contribution in [0.3, 0.4) is 0 Å².